The average Bonchev–Trinajstić information content (AvgIpc) is 3.51. The van der Waals surface area contributed by atoms with Gasteiger partial charge in [-0.25, -0.2) is 4.98 Å². The fourth-order valence-electron chi connectivity index (χ4n) is 3.08. The number of rotatable bonds is 6. The molecular formula is C21H21N3O2S. The normalized spacial score (nSPS) is 14.9. The van der Waals surface area contributed by atoms with Crippen LogP contribution in [0.15, 0.2) is 64.5 Å². The number of hydrogen-bond acceptors (Lipinski definition) is 4. The van der Waals surface area contributed by atoms with E-state index in [1.54, 1.807) is 10.6 Å². The molecule has 1 aliphatic rings. The van der Waals surface area contributed by atoms with E-state index in [-0.39, 0.29) is 23.3 Å². The molecule has 5 nitrogen and oxygen atoms in total. The van der Waals surface area contributed by atoms with Gasteiger partial charge in [0.25, 0.3) is 5.56 Å². The first-order chi connectivity index (χ1) is 13.1. The summed E-state index contributed by atoms with van der Waals surface area (Å²) in [6, 6.07) is 17.4. The summed E-state index contributed by atoms with van der Waals surface area (Å²) in [5.41, 5.74) is 1.60. The summed E-state index contributed by atoms with van der Waals surface area (Å²) >= 11 is 1.32. The quantitative estimate of drug-likeness (QED) is 0.527. The molecule has 1 aromatic heterocycles. The molecule has 0 bridgehead atoms. The number of aromatic nitrogens is 2. The van der Waals surface area contributed by atoms with Crippen LogP contribution in [0.4, 0.5) is 0 Å². The van der Waals surface area contributed by atoms with E-state index in [0.717, 1.165) is 18.4 Å². The Labute approximate surface area is 161 Å². The molecule has 4 rings (SSSR count). The minimum absolute atomic E-state index is 0.0104. The molecule has 0 saturated heterocycles. The zero-order valence-electron chi connectivity index (χ0n) is 15.1. The van der Waals surface area contributed by atoms with E-state index in [1.165, 1.54) is 11.8 Å². The van der Waals surface area contributed by atoms with Crippen LogP contribution >= 0.6 is 11.8 Å². The highest BCUT2D eigenvalue weighted by Crippen LogP contribution is 2.25. The van der Waals surface area contributed by atoms with Gasteiger partial charge < -0.3 is 5.32 Å². The molecule has 0 spiro atoms. The number of nitrogens with zero attached hydrogens (tertiary/aromatic N) is 2. The van der Waals surface area contributed by atoms with E-state index in [4.69, 9.17) is 4.98 Å². The van der Waals surface area contributed by atoms with Gasteiger partial charge in [0.05, 0.1) is 22.7 Å². The van der Waals surface area contributed by atoms with Gasteiger partial charge in [-0.15, -0.1) is 0 Å². The average molecular weight is 379 g/mol. The molecule has 27 heavy (non-hydrogen) atoms. The Morgan fingerprint density at radius 1 is 1.19 bits per heavy atom. The van der Waals surface area contributed by atoms with Crippen molar-refractivity contribution in [2.24, 2.45) is 0 Å². The molecule has 1 N–H and O–H groups in total. The second-order valence-electron chi connectivity index (χ2n) is 6.80. The third-order valence-corrected chi connectivity index (χ3v) is 5.67. The Balaban J connectivity index is 1.73. The highest BCUT2D eigenvalue weighted by molar-refractivity contribution is 7.99. The third kappa shape index (κ3) is 3.90. The van der Waals surface area contributed by atoms with Gasteiger partial charge in [0, 0.05) is 6.04 Å². The van der Waals surface area contributed by atoms with Gasteiger partial charge in [0.2, 0.25) is 5.91 Å². The van der Waals surface area contributed by atoms with E-state index in [9.17, 15) is 9.59 Å². The Bertz CT molecular complexity index is 1030. The van der Waals surface area contributed by atoms with Gasteiger partial charge in [-0.2, -0.15) is 0 Å². The standard InChI is InChI=1S/C21H21N3O2S/c1-14(15-7-3-2-4-8-15)24-20(26)17-9-5-6-10-18(17)23-21(24)27-13-19(25)22-16-11-12-16/h2-10,14,16H,11-13H2,1H3,(H,22,25)/t14-/m0/s1. The number of thioether (sulfide) groups is 1. The Hall–Kier alpha value is -2.60. The van der Waals surface area contributed by atoms with Crippen LogP contribution in [0.1, 0.15) is 31.4 Å². The second-order valence-corrected chi connectivity index (χ2v) is 7.75. The summed E-state index contributed by atoms with van der Waals surface area (Å²) in [6.07, 6.45) is 2.11. The first kappa shape index (κ1) is 17.8. The van der Waals surface area contributed by atoms with Crippen molar-refractivity contribution in [1.29, 1.82) is 0 Å². The summed E-state index contributed by atoms with van der Waals surface area (Å²) in [5.74, 6) is 0.242. The lowest BCUT2D eigenvalue weighted by Crippen LogP contribution is -2.29. The maximum Gasteiger partial charge on any atom is 0.262 e. The van der Waals surface area contributed by atoms with Crippen molar-refractivity contribution in [1.82, 2.24) is 14.9 Å². The van der Waals surface area contributed by atoms with E-state index in [2.05, 4.69) is 5.32 Å². The molecule has 1 fully saturated rings. The molecule has 138 valence electrons. The van der Waals surface area contributed by atoms with Crippen LogP contribution in [0.5, 0.6) is 0 Å². The predicted molar refractivity (Wildman–Crippen MR) is 108 cm³/mol. The van der Waals surface area contributed by atoms with Crippen LogP contribution in [0.25, 0.3) is 10.9 Å². The van der Waals surface area contributed by atoms with Crippen molar-refractivity contribution in [3.05, 3.63) is 70.5 Å². The molecule has 0 unspecified atom stereocenters. The van der Waals surface area contributed by atoms with E-state index < -0.39 is 0 Å². The molecule has 3 aromatic rings. The molecule has 1 saturated carbocycles. The number of fused-ring (bicyclic) bond motifs is 1. The van der Waals surface area contributed by atoms with Crippen LogP contribution in [0, 0.1) is 0 Å². The van der Waals surface area contributed by atoms with Crippen molar-refractivity contribution in [2.45, 2.75) is 37.0 Å². The molecule has 1 aliphatic carbocycles. The number of carbonyl (C=O) groups excluding carboxylic acids is 1. The van der Waals surface area contributed by atoms with Gasteiger partial charge >= 0.3 is 0 Å². The van der Waals surface area contributed by atoms with E-state index >= 15 is 0 Å². The SMILES string of the molecule is C[C@@H](c1ccccc1)n1c(SCC(=O)NC2CC2)nc2ccccc2c1=O. The lowest BCUT2D eigenvalue weighted by atomic mass is 10.1. The minimum Gasteiger partial charge on any atom is -0.353 e. The van der Waals surface area contributed by atoms with Crippen LogP contribution in [-0.2, 0) is 4.79 Å². The largest absolute Gasteiger partial charge is 0.353 e. The topological polar surface area (TPSA) is 64.0 Å². The molecule has 0 radical (unpaired) electrons. The molecule has 1 heterocycles. The van der Waals surface area contributed by atoms with Crippen LogP contribution in [-0.4, -0.2) is 27.3 Å². The second kappa shape index (κ2) is 7.56. The maximum absolute atomic E-state index is 13.2. The number of carbonyl (C=O) groups is 1. The van der Waals surface area contributed by atoms with Crippen molar-refractivity contribution in [3.8, 4) is 0 Å². The molecule has 0 aliphatic heterocycles. The first-order valence-electron chi connectivity index (χ1n) is 9.12. The van der Waals surface area contributed by atoms with Gasteiger partial charge in [0.15, 0.2) is 5.16 Å². The molecule has 1 atom stereocenters. The number of para-hydroxylation sites is 1. The predicted octanol–water partition coefficient (Wildman–Crippen LogP) is 3.38. The summed E-state index contributed by atoms with van der Waals surface area (Å²) in [4.78, 5) is 30.0. The van der Waals surface area contributed by atoms with Gasteiger partial charge in [-0.05, 0) is 37.5 Å². The molecule has 6 heteroatoms. The lowest BCUT2D eigenvalue weighted by Gasteiger charge is -2.20. The third-order valence-electron chi connectivity index (χ3n) is 4.72. The van der Waals surface area contributed by atoms with Crippen molar-refractivity contribution in [3.63, 3.8) is 0 Å². The fraction of sp³-hybridized carbons (Fsp3) is 0.286. The Morgan fingerprint density at radius 2 is 1.89 bits per heavy atom. The summed E-state index contributed by atoms with van der Waals surface area (Å²) in [5, 5.41) is 4.14. The number of nitrogens with one attached hydrogen (secondary N) is 1. The van der Waals surface area contributed by atoms with Crippen LogP contribution in [0.3, 0.4) is 0 Å². The number of amides is 1. The summed E-state index contributed by atoms with van der Waals surface area (Å²) < 4.78 is 1.70. The Kier molecular flexibility index (Phi) is 4.99. The number of benzene rings is 2. The molecule has 1 amide bonds. The summed E-state index contributed by atoms with van der Waals surface area (Å²) in [6.45, 7) is 1.99. The zero-order chi connectivity index (χ0) is 18.8. The maximum atomic E-state index is 13.2. The number of hydrogen-bond donors (Lipinski definition) is 1. The monoisotopic (exact) mass is 379 g/mol. The van der Waals surface area contributed by atoms with Crippen molar-refractivity contribution in [2.75, 3.05) is 5.75 Å². The van der Waals surface area contributed by atoms with Gasteiger partial charge in [0.1, 0.15) is 0 Å². The zero-order valence-corrected chi connectivity index (χ0v) is 15.9. The van der Waals surface area contributed by atoms with Gasteiger partial charge in [-0.1, -0.05) is 54.2 Å². The van der Waals surface area contributed by atoms with E-state index in [1.807, 2.05) is 55.5 Å². The smallest absolute Gasteiger partial charge is 0.262 e. The summed E-state index contributed by atoms with van der Waals surface area (Å²) in [7, 11) is 0. The first-order valence-corrected chi connectivity index (χ1v) is 10.1. The van der Waals surface area contributed by atoms with Gasteiger partial charge in [-0.3, -0.25) is 14.2 Å². The van der Waals surface area contributed by atoms with Crippen LogP contribution in [0.2, 0.25) is 0 Å². The highest BCUT2D eigenvalue weighted by Gasteiger charge is 2.24. The minimum atomic E-state index is -0.176. The fourth-order valence-corrected chi connectivity index (χ4v) is 3.96. The van der Waals surface area contributed by atoms with Crippen LogP contribution < -0.4 is 10.9 Å². The highest BCUT2D eigenvalue weighted by atomic mass is 32.2. The van der Waals surface area contributed by atoms with Crippen molar-refractivity contribution >= 4 is 28.6 Å². The van der Waals surface area contributed by atoms with E-state index in [0.29, 0.717) is 22.1 Å². The molecular weight excluding hydrogens is 358 g/mol. The lowest BCUT2D eigenvalue weighted by molar-refractivity contribution is -0.118. The molecule has 2 aromatic carbocycles. The Morgan fingerprint density at radius 3 is 2.63 bits per heavy atom. The van der Waals surface area contributed by atoms with Crippen molar-refractivity contribution < 1.29 is 4.79 Å².